The minimum atomic E-state index is 0.357. The summed E-state index contributed by atoms with van der Waals surface area (Å²) in [6.07, 6.45) is 4.89. The number of nitrogens with zero attached hydrogens (tertiary/aromatic N) is 1. The van der Waals surface area contributed by atoms with Gasteiger partial charge in [0.2, 0.25) is 0 Å². The van der Waals surface area contributed by atoms with Crippen LogP contribution >= 0.6 is 0 Å². The third-order valence-corrected chi connectivity index (χ3v) is 5.11. The molecule has 0 aliphatic carbocycles. The fraction of sp³-hybridized carbons (Fsp3) is 0.625. The van der Waals surface area contributed by atoms with E-state index < -0.39 is 0 Å². The molecule has 2 aliphatic heterocycles. The SMILES string of the molecule is COc1ccc(CC2C(N)CC3CCC2N3C)cc1. The van der Waals surface area contributed by atoms with Crippen LogP contribution in [0.3, 0.4) is 0 Å². The van der Waals surface area contributed by atoms with Gasteiger partial charge in [-0.05, 0) is 56.3 Å². The predicted molar refractivity (Wildman–Crippen MR) is 77.4 cm³/mol. The highest BCUT2D eigenvalue weighted by Crippen LogP contribution is 2.38. The lowest BCUT2D eigenvalue weighted by Gasteiger charge is -2.41. The third kappa shape index (κ3) is 2.37. The molecule has 2 fully saturated rings. The monoisotopic (exact) mass is 260 g/mol. The summed E-state index contributed by atoms with van der Waals surface area (Å²) in [6, 6.07) is 10.2. The van der Waals surface area contributed by atoms with Gasteiger partial charge in [0.05, 0.1) is 7.11 Å². The average Bonchev–Trinajstić information content (AvgIpc) is 2.68. The molecule has 0 spiro atoms. The summed E-state index contributed by atoms with van der Waals surface area (Å²) < 4.78 is 5.21. The summed E-state index contributed by atoms with van der Waals surface area (Å²) in [5, 5.41) is 0. The third-order valence-electron chi connectivity index (χ3n) is 5.11. The van der Waals surface area contributed by atoms with Gasteiger partial charge in [0, 0.05) is 18.1 Å². The van der Waals surface area contributed by atoms with E-state index in [1.54, 1.807) is 7.11 Å². The molecule has 0 amide bonds. The maximum Gasteiger partial charge on any atom is 0.118 e. The molecule has 2 bridgehead atoms. The van der Waals surface area contributed by atoms with Crippen LogP contribution in [0.4, 0.5) is 0 Å². The van der Waals surface area contributed by atoms with Crippen molar-refractivity contribution in [1.82, 2.24) is 4.90 Å². The smallest absolute Gasteiger partial charge is 0.118 e. The van der Waals surface area contributed by atoms with Gasteiger partial charge in [0.25, 0.3) is 0 Å². The normalized spacial score (nSPS) is 34.5. The number of hydrogen-bond acceptors (Lipinski definition) is 3. The molecule has 4 unspecified atom stereocenters. The highest BCUT2D eigenvalue weighted by molar-refractivity contribution is 5.28. The van der Waals surface area contributed by atoms with Crippen molar-refractivity contribution in [2.75, 3.05) is 14.2 Å². The Bertz CT molecular complexity index is 431. The standard InChI is InChI=1S/C16H24N2O/c1-18-12-5-8-16(18)14(15(17)10-12)9-11-3-6-13(19-2)7-4-11/h3-4,6-7,12,14-16H,5,8-10,17H2,1-2H3. The molecule has 0 saturated carbocycles. The summed E-state index contributed by atoms with van der Waals surface area (Å²) >= 11 is 0. The van der Waals surface area contributed by atoms with Gasteiger partial charge in [-0.15, -0.1) is 0 Å². The zero-order valence-electron chi connectivity index (χ0n) is 11.9. The van der Waals surface area contributed by atoms with Gasteiger partial charge in [-0.2, -0.15) is 0 Å². The molecule has 0 aromatic heterocycles. The lowest BCUT2D eigenvalue weighted by Crippen LogP contribution is -2.52. The molecular formula is C16H24N2O. The lowest BCUT2D eigenvalue weighted by molar-refractivity contribution is 0.102. The maximum atomic E-state index is 6.41. The first-order valence-electron chi connectivity index (χ1n) is 7.29. The number of methoxy groups -OCH3 is 1. The van der Waals surface area contributed by atoms with Crippen molar-refractivity contribution in [2.45, 2.75) is 43.8 Å². The van der Waals surface area contributed by atoms with E-state index in [1.807, 2.05) is 12.1 Å². The van der Waals surface area contributed by atoms with Gasteiger partial charge in [0.1, 0.15) is 5.75 Å². The molecule has 2 saturated heterocycles. The minimum Gasteiger partial charge on any atom is -0.497 e. The second-order valence-corrected chi connectivity index (χ2v) is 6.08. The Morgan fingerprint density at radius 3 is 2.68 bits per heavy atom. The Kier molecular flexibility index (Phi) is 3.50. The molecule has 0 radical (unpaired) electrons. The highest BCUT2D eigenvalue weighted by atomic mass is 16.5. The van der Waals surface area contributed by atoms with E-state index in [-0.39, 0.29) is 0 Å². The van der Waals surface area contributed by atoms with Gasteiger partial charge >= 0.3 is 0 Å². The van der Waals surface area contributed by atoms with Crippen LogP contribution < -0.4 is 10.5 Å². The first-order valence-corrected chi connectivity index (χ1v) is 7.29. The Morgan fingerprint density at radius 2 is 2.00 bits per heavy atom. The van der Waals surface area contributed by atoms with E-state index in [1.165, 1.54) is 18.4 Å². The molecule has 104 valence electrons. The summed E-state index contributed by atoms with van der Waals surface area (Å²) in [5.74, 6) is 1.52. The van der Waals surface area contributed by atoms with Gasteiger partial charge in [-0.1, -0.05) is 12.1 Å². The zero-order chi connectivity index (χ0) is 13.4. The van der Waals surface area contributed by atoms with Crippen LogP contribution in [0, 0.1) is 5.92 Å². The Hall–Kier alpha value is -1.06. The molecule has 2 N–H and O–H groups in total. The van der Waals surface area contributed by atoms with E-state index in [9.17, 15) is 0 Å². The summed E-state index contributed by atoms with van der Waals surface area (Å²) in [7, 11) is 3.98. The average molecular weight is 260 g/mol. The van der Waals surface area contributed by atoms with Crippen LogP contribution in [-0.2, 0) is 6.42 Å². The van der Waals surface area contributed by atoms with Crippen LogP contribution in [-0.4, -0.2) is 37.2 Å². The summed E-state index contributed by atoms with van der Waals surface area (Å²) in [6.45, 7) is 0. The van der Waals surface area contributed by atoms with Crippen molar-refractivity contribution in [1.29, 1.82) is 0 Å². The summed E-state index contributed by atoms with van der Waals surface area (Å²) in [4.78, 5) is 2.57. The molecule has 4 atom stereocenters. The molecule has 2 heterocycles. The van der Waals surface area contributed by atoms with Crippen molar-refractivity contribution in [2.24, 2.45) is 11.7 Å². The molecule has 1 aromatic rings. The first kappa shape index (κ1) is 12.9. The van der Waals surface area contributed by atoms with E-state index in [0.29, 0.717) is 18.0 Å². The summed E-state index contributed by atoms with van der Waals surface area (Å²) in [5.41, 5.74) is 7.79. The number of benzene rings is 1. The topological polar surface area (TPSA) is 38.5 Å². The molecule has 3 nitrogen and oxygen atoms in total. The quantitative estimate of drug-likeness (QED) is 0.904. The molecule has 3 rings (SSSR count). The van der Waals surface area contributed by atoms with Crippen molar-refractivity contribution in [3.8, 4) is 5.75 Å². The highest BCUT2D eigenvalue weighted by Gasteiger charge is 2.43. The van der Waals surface area contributed by atoms with Crippen LogP contribution in [0.15, 0.2) is 24.3 Å². The van der Waals surface area contributed by atoms with Gasteiger partial charge < -0.3 is 15.4 Å². The van der Waals surface area contributed by atoms with E-state index >= 15 is 0 Å². The van der Waals surface area contributed by atoms with Crippen LogP contribution in [0.25, 0.3) is 0 Å². The van der Waals surface area contributed by atoms with Crippen molar-refractivity contribution < 1.29 is 4.74 Å². The van der Waals surface area contributed by atoms with Crippen molar-refractivity contribution >= 4 is 0 Å². The molecule has 1 aromatic carbocycles. The second-order valence-electron chi connectivity index (χ2n) is 6.08. The Labute approximate surface area is 115 Å². The number of hydrogen-bond donors (Lipinski definition) is 1. The molecule has 19 heavy (non-hydrogen) atoms. The number of fused-ring (bicyclic) bond motifs is 2. The second kappa shape index (κ2) is 5.14. The number of piperidine rings is 1. The fourth-order valence-electron chi connectivity index (χ4n) is 3.94. The molecule has 3 heteroatoms. The van der Waals surface area contributed by atoms with Crippen molar-refractivity contribution in [3.05, 3.63) is 29.8 Å². The fourth-order valence-corrected chi connectivity index (χ4v) is 3.94. The predicted octanol–water partition coefficient (Wildman–Crippen LogP) is 2.05. The van der Waals surface area contributed by atoms with E-state index in [4.69, 9.17) is 10.5 Å². The zero-order valence-corrected chi connectivity index (χ0v) is 11.9. The van der Waals surface area contributed by atoms with Crippen LogP contribution in [0.1, 0.15) is 24.8 Å². The Morgan fingerprint density at radius 1 is 1.26 bits per heavy atom. The number of nitrogens with two attached hydrogens (primary N) is 1. The van der Waals surface area contributed by atoms with Crippen LogP contribution in [0.5, 0.6) is 5.75 Å². The maximum absolute atomic E-state index is 6.41. The van der Waals surface area contributed by atoms with E-state index in [0.717, 1.165) is 24.6 Å². The van der Waals surface area contributed by atoms with Gasteiger partial charge in [0.15, 0.2) is 0 Å². The minimum absolute atomic E-state index is 0.357. The van der Waals surface area contributed by atoms with E-state index in [2.05, 4.69) is 24.1 Å². The lowest BCUT2D eigenvalue weighted by atomic mass is 9.82. The molecule has 2 aliphatic rings. The van der Waals surface area contributed by atoms with Gasteiger partial charge in [-0.3, -0.25) is 0 Å². The Balaban J connectivity index is 1.73. The number of rotatable bonds is 3. The first-order chi connectivity index (χ1) is 9.19. The number of ether oxygens (including phenoxy) is 1. The van der Waals surface area contributed by atoms with Crippen LogP contribution in [0.2, 0.25) is 0 Å². The van der Waals surface area contributed by atoms with Crippen molar-refractivity contribution in [3.63, 3.8) is 0 Å². The van der Waals surface area contributed by atoms with Gasteiger partial charge in [-0.25, -0.2) is 0 Å². The molecular weight excluding hydrogens is 236 g/mol. The largest absolute Gasteiger partial charge is 0.497 e.